The molecule has 0 amide bonds. The summed E-state index contributed by atoms with van der Waals surface area (Å²) in [6, 6.07) is 0. The van der Waals surface area contributed by atoms with Crippen LogP contribution in [-0.2, 0) is 9.47 Å². The molecule has 3 heteroatoms. The standard InChI is InChI=1S/C27H58NO2/c1-5-6-7-8-9-10-11-12-13-14-15-16-17-18-19-20-24-29-26-22-27-30-25-21-23-28(2,3)4/h5-27H2,1-4H3/q+1. The second kappa shape index (κ2) is 23.5. The molecule has 182 valence electrons. The van der Waals surface area contributed by atoms with Crippen molar-refractivity contribution in [2.75, 3.05) is 54.1 Å². The van der Waals surface area contributed by atoms with E-state index >= 15 is 0 Å². The topological polar surface area (TPSA) is 18.5 Å². The largest absolute Gasteiger partial charge is 0.381 e. The van der Waals surface area contributed by atoms with Gasteiger partial charge in [-0.05, 0) is 12.8 Å². The first-order chi connectivity index (χ1) is 14.6. The number of nitrogens with zero attached hydrogens (tertiary/aromatic N) is 1. The molecule has 0 N–H and O–H groups in total. The first-order valence-electron chi connectivity index (χ1n) is 13.5. The highest BCUT2D eigenvalue weighted by Crippen LogP contribution is 2.13. The van der Waals surface area contributed by atoms with Crippen LogP contribution in [0.1, 0.15) is 122 Å². The third-order valence-corrected chi connectivity index (χ3v) is 5.84. The maximum atomic E-state index is 5.73. The Bertz CT molecular complexity index is 314. The summed E-state index contributed by atoms with van der Waals surface area (Å²) in [4.78, 5) is 0. The van der Waals surface area contributed by atoms with Crippen LogP contribution in [0.5, 0.6) is 0 Å². The van der Waals surface area contributed by atoms with Gasteiger partial charge in [0.05, 0.1) is 34.3 Å². The molecular weight excluding hydrogens is 370 g/mol. The van der Waals surface area contributed by atoms with Gasteiger partial charge in [0.15, 0.2) is 0 Å². The van der Waals surface area contributed by atoms with Crippen LogP contribution in [0.15, 0.2) is 0 Å². The van der Waals surface area contributed by atoms with E-state index in [0.717, 1.165) is 43.8 Å². The van der Waals surface area contributed by atoms with E-state index in [1.807, 2.05) is 0 Å². The summed E-state index contributed by atoms with van der Waals surface area (Å²) in [5.74, 6) is 0. The van der Waals surface area contributed by atoms with Gasteiger partial charge in [-0.15, -0.1) is 0 Å². The Hall–Kier alpha value is -0.120. The lowest BCUT2D eigenvalue weighted by Gasteiger charge is -2.23. The first-order valence-corrected chi connectivity index (χ1v) is 13.5. The summed E-state index contributed by atoms with van der Waals surface area (Å²) >= 11 is 0. The third-order valence-electron chi connectivity index (χ3n) is 5.84. The Balaban J connectivity index is 3.02. The molecule has 0 aromatic rings. The molecule has 0 radical (unpaired) electrons. The number of hydrogen-bond acceptors (Lipinski definition) is 2. The zero-order chi connectivity index (χ0) is 22.2. The van der Waals surface area contributed by atoms with E-state index in [9.17, 15) is 0 Å². The maximum absolute atomic E-state index is 5.73. The van der Waals surface area contributed by atoms with Gasteiger partial charge in [0.1, 0.15) is 0 Å². The Kier molecular flexibility index (Phi) is 23.4. The van der Waals surface area contributed by atoms with E-state index in [2.05, 4.69) is 28.1 Å². The summed E-state index contributed by atoms with van der Waals surface area (Å²) < 4.78 is 12.4. The van der Waals surface area contributed by atoms with Crippen LogP contribution >= 0.6 is 0 Å². The van der Waals surface area contributed by atoms with Crippen LogP contribution < -0.4 is 0 Å². The van der Waals surface area contributed by atoms with Crippen LogP contribution in [0.4, 0.5) is 0 Å². The summed E-state index contributed by atoms with van der Waals surface area (Å²) in [5.41, 5.74) is 0. The second-order valence-corrected chi connectivity index (χ2v) is 10.2. The molecule has 0 fully saturated rings. The van der Waals surface area contributed by atoms with Crippen LogP contribution in [0.3, 0.4) is 0 Å². The molecule has 0 aliphatic heterocycles. The van der Waals surface area contributed by atoms with Gasteiger partial charge in [-0.25, -0.2) is 0 Å². The van der Waals surface area contributed by atoms with Gasteiger partial charge >= 0.3 is 0 Å². The van der Waals surface area contributed by atoms with Crippen molar-refractivity contribution in [2.45, 2.75) is 122 Å². The number of quaternary nitrogens is 1. The van der Waals surface area contributed by atoms with Gasteiger partial charge < -0.3 is 14.0 Å². The summed E-state index contributed by atoms with van der Waals surface area (Å²) in [5, 5.41) is 0. The van der Waals surface area contributed by atoms with Gasteiger partial charge in [0.25, 0.3) is 0 Å². The van der Waals surface area contributed by atoms with Crippen molar-refractivity contribution in [1.29, 1.82) is 0 Å². The van der Waals surface area contributed by atoms with Crippen LogP contribution in [0.2, 0.25) is 0 Å². The molecule has 0 saturated heterocycles. The predicted octanol–water partition coefficient (Wildman–Crippen LogP) is 7.77. The van der Waals surface area contributed by atoms with Crippen molar-refractivity contribution in [3.05, 3.63) is 0 Å². The van der Waals surface area contributed by atoms with E-state index in [0.29, 0.717) is 0 Å². The van der Waals surface area contributed by atoms with Gasteiger partial charge in [0.2, 0.25) is 0 Å². The molecule has 0 aliphatic rings. The van der Waals surface area contributed by atoms with Gasteiger partial charge in [-0.1, -0.05) is 103 Å². The second-order valence-electron chi connectivity index (χ2n) is 10.2. The third kappa shape index (κ3) is 27.9. The smallest absolute Gasteiger partial charge is 0.0802 e. The monoisotopic (exact) mass is 428 g/mol. The zero-order valence-corrected chi connectivity index (χ0v) is 21.5. The molecule has 0 aromatic carbocycles. The molecule has 0 saturated carbocycles. The molecule has 0 rings (SSSR count). The lowest BCUT2D eigenvalue weighted by molar-refractivity contribution is -0.870. The molecule has 30 heavy (non-hydrogen) atoms. The van der Waals surface area contributed by atoms with Crippen LogP contribution in [-0.4, -0.2) is 58.6 Å². The highest BCUT2D eigenvalue weighted by atomic mass is 16.5. The van der Waals surface area contributed by atoms with Crippen molar-refractivity contribution in [3.63, 3.8) is 0 Å². The fourth-order valence-corrected chi connectivity index (χ4v) is 3.86. The van der Waals surface area contributed by atoms with E-state index in [1.54, 1.807) is 0 Å². The Morgan fingerprint density at radius 3 is 1.13 bits per heavy atom. The highest BCUT2D eigenvalue weighted by molar-refractivity contribution is 4.50. The SMILES string of the molecule is CCCCCCCCCCCCCCCCCCOCCCOCCC[N+](C)(C)C. The molecule has 0 aliphatic carbocycles. The molecule has 0 atom stereocenters. The molecule has 0 spiro atoms. The number of unbranched alkanes of at least 4 members (excludes halogenated alkanes) is 15. The minimum absolute atomic E-state index is 0.843. The Morgan fingerprint density at radius 1 is 0.400 bits per heavy atom. The van der Waals surface area contributed by atoms with Crippen molar-refractivity contribution in [1.82, 2.24) is 0 Å². The van der Waals surface area contributed by atoms with Crippen molar-refractivity contribution < 1.29 is 14.0 Å². The normalized spacial score (nSPS) is 12.0. The Morgan fingerprint density at radius 2 is 0.733 bits per heavy atom. The number of rotatable bonds is 25. The highest BCUT2D eigenvalue weighted by Gasteiger charge is 2.05. The van der Waals surface area contributed by atoms with Crippen molar-refractivity contribution >= 4 is 0 Å². The van der Waals surface area contributed by atoms with E-state index in [-0.39, 0.29) is 0 Å². The number of hydrogen-bond donors (Lipinski definition) is 0. The first kappa shape index (κ1) is 29.9. The Labute approximate surface area is 190 Å². The minimum atomic E-state index is 0.843. The van der Waals surface area contributed by atoms with E-state index in [4.69, 9.17) is 9.47 Å². The van der Waals surface area contributed by atoms with Gasteiger partial charge in [-0.2, -0.15) is 0 Å². The van der Waals surface area contributed by atoms with Crippen molar-refractivity contribution in [2.24, 2.45) is 0 Å². The average Bonchev–Trinajstić information content (AvgIpc) is 2.70. The lowest BCUT2D eigenvalue weighted by atomic mass is 10.0. The zero-order valence-electron chi connectivity index (χ0n) is 21.5. The lowest BCUT2D eigenvalue weighted by Crippen LogP contribution is -2.35. The minimum Gasteiger partial charge on any atom is -0.381 e. The van der Waals surface area contributed by atoms with E-state index < -0.39 is 0 Å². The quantitative estimate of drug-likeness (QED) is 0.109. The molecule has 0 bridgehead atoms. The van der Waals surface area contributed by atoms with Crippen LogP contribution in [0.25, 0.3) is 0 Å². The molecule has 0 unspecified atom stereocenters. The molecule has 0 aromatic heterocycles. The fraction of sp³-hybridized carbons (Fsp3) is 1.00. The van der Waals surface area contributed by atoms with Gasteiger partial charge in [-0.3, -0.25) is 0 Å². The average molecular weight is 429 g/mol. The summed E-state index contributed by atoms with van der Waals surface area (Å²) in [6.07, 6.45) is 24.9. The maximum Gasteiger partial charge on any atom is 0.0802 e. The summed E-state index contributed by atoms with van der Waals surface area (Å²) in [7, 11) is 6.69. The number of ether oxygens (including phenoxy) is 2. The molecule has 3 nitrogen and oxygen atoms in total. The van der Waals surface area contributed by atoms with Gasteiger partial charge in [0, 0.05) is 26.2 Å². The summed E-state index contributed by atoms with van der Waals surface area (Å²) in [6.45, 7) is 6.98. The molecule has 0 heterocycles. The van der Waals surface area contributed by atoms with Crippen LogP contribution in [0, 0.1) is 0 Å². The van der Waals surface area contributed by atoms with Crippen molar-refractivity contribution in [3.8, 4) is 0 Å². The van der Waals surface area contributed by atoms with E-state index in [1.165, 1.54) is 109 Å². The fourth-order valence-electron chi connectivity index (χ4n) is 3.86. The molecular formula is C27H58NO2+. The predicted molar refractivity (Wildman–Crippen MR) is 133 cm³/mol.